The van der Waals surface area contributed by atoms with Crippen LogP contribution in [0.5, 0.6) is 0 Å². The van der Waals surface area contributed by atoms with Crippen LogP contribution in [0, 0.1) is 0 Å². The maximum Gasteiger partial charge on any atom is 0.0900 e. The SMILES string of the molecule is CCOCC(O)CN1CCN(c2ccccc2Cl)CC1. The number of nitrogens with zero attached hydrogens (tertiary/aromatic N) is 2. The van der Waals surface area contributed by atoms with E-state index in [1.807, 2.05) is 25.1 Å². The van der Waals surface area contributed by atoms with Gasteiger partial charge in [0, 0.05) is 39.3 Å². The van der Waals surface area contributed by atoms with Crippen LogP contribution in [0.1, 0.15) is 6.92 Å². The van der Waals surface area contributed by atoms with E-state index in [1.54, 1.807) is 0 Å². The highest BCUT2D eigenvalue weighted by Crippen LogP contribution is 2.25. The normalized spacial score (nSPS) is 18.2. The summed E-state index contributed by atoms with van der Waals surface area (Å²) in [4.78, 5) is 4.57. The number of hydrogen-bond acceptors (Lipinski definition) is 4. The molecule has 1 fully saturated rings. The summed E-state index contributed by atoms with van der Waals surface area (Å²) < 4.78 is 5.24. The van der Waals surface area contributed by atoms with Crippen molar-refractivity contribution in [2.45, 2.75) is 13.0 Å². The van der Waals surface area contributed by atoms with E-state index in [2.05, 4.69) is 15.9 Å². The molecular formula is C15H23ClN2O2. The molecule has 1 saturated heterocycles. The molecular weight excluding hydrogens is 276 g/mol. The molecule has 1 heterocycles. The third-order valence-corrected chi connectivity index (χ3v) is 3.87. The van der Waals surface area contributed by atoms with Crippen molar-refractivity contribution in [2.24, 2.45) is 0 Å². The number of aliphatic hydroxyl groups is 1. The fraction of sp³-hybridized carbons (Fsp3) is 0.600. The largest absolute Gasteiger partial charge is 0.389 e. The molecule has 1 aromatic carbocycles. The van der Waals surface area contributed by atoms with Crippen molar-refractivity contribution in [2.75, 3.05) is 50.8 Å². The average molecular weight is 299 g/mol. The molecule has 1 aliphatic heterocycles. The Morgan fingerprint density at radius 2 is 1.95 bits per heavy atom. The molecule has 1 N–H and O–H groups in total. The van der Waals surface area contributed by atoms with Gasteiger partial charge in [-0.15, -0.1) is 0 Å². The van der Waals surface area contributed by atoms with Crippen molar-refractivity contribution in [3.8, 4) is 0 Å². The second-order valence-electron chi connectivity index (χ2n) is 5.05. The summed E-state index contributed by atoms with van der Waals surface area (Å²) in [6.45, 7) is 7.43. The molecule has 1 unspecified atom stereocenters. The maximum atomic E-state index is 9.86. The van der Waals surface area contributed by atoms with Crippen molar-refractivity contribution in [1.82, 2.24) is 4.90 Å². The Morgan fingerprint density at radius 3 is 2.60 bits per heavy atom. The zero-order valence-corrected chi connectivity index (χ0v) is 12.7. The quantitative estimate of drug-likeness (QED) is 0.870. The summed E-state index contributed by atoms with van der Waals surface area (Å²) in [6.07, 6.45) is -0.401. The molecule has 20 heavy (non-hydrogen) atoms. The summed E-state index contributed by atoms with van der Waals surface area (Å²) >= 11 is 6.22. The smallest absolute Gasteiger partial charge is 0.0900 e. The van der Waals surface area contributed by atoms with E-state index in [1.165, 1.54) is 0 Å². The van der Waals surface area contributed by atoms with Crippen molar-refractivity contribution in [3.05, 3.63) is 29.3 Å². The number of β-amino-alcohol motifs (C(OH)–C–C–N with tert-alkyl or cyclic N) is 1. The van der Waals surface area contributed by atoms with Gasteiger partial charge >= 0.3 is 0 Å². The van der Waals surface area contributed by atoms with E-state index < -0.39 is 6.10 Å². The van der Waals surface area contributed by atoms with Crippen molar-refractivity contribution < 1.29 is 9.84 Å². The minimum absolute atomic E-state index is 0.401. The van der Waals surface area contributed by atoms with Crippen LogP contribution >= 0.6 is 11.6 Å². The predicted molar refractivity (Wildman–Crippen MR) is 82.6 cm³/mol. The third-order valence-electron chi connectivity index (χ3n) is 3.55. The first-order valence-corrected chi connectivity index (χ1v) is 7.56. The molecule has 0 aromatic heterocycles. The molecule has 0 radical (unpaired) electrons. The Balaban J connectivity index is 1.79. The molecule has 2 rings (SSSR count). The average Bonchev–Trinajstić information content (AvgIpc) is 2.47. The first kappa shape index (κ1) is 15.6. The van der Waals surface area contributed by atoms with Gasteiger partial charge in [-0.2, -0.15) is 0 Å². The van der Waals surface area contributed by atoms with Gasteiger partial charge in [-0.1, -0.05) is 23.7 Å². The minimum atomic E-state index is -0.401. The van der Waals surface area contributed by atoms with E-state index in [9.17, 15) is 5.11 Å². The van der Waals surface area contributed by atoms with Gasteiger partial charge < -0.3 is 14.7 Å². The molecule has 1 atom stereocenters. The summed E-state index contributed by atoms with van der Waals surface area (Å²) in [5.41, 5.74) is 1.10. The van der Waals surface area contributed by atoms with Gasteiger partial charge in [-0.3, -0.25) is 4.90 Å². The zero-order chi connectivity index (χ0) is 14.4. The van der Waals surface area contributed by atoms with Crippen LogP contribution < -0.4 is 4.90 Å². The highest BCUT2D eigenvalue weighted by molar-refractivity contribution is 6.33. The molecule has 0 saturated carbocycles. The van der Waals surface area contributed by atoms with Gasteiger partial charge in [-0.25, -0.2) is 0 Å². The summed E-state index contributed by atoms with van der Waals surface area (Å²) in [5, 5.41) is 10.7. The van der Waals surface area contributed by atoms with E-state index >= 15 is 0 Å². The van der Waals surface area contributed by atoms with Crippen LogP contribution in [0.2, 0.25) is 5.02 Å². The highest BCUT2D eigenvalue weighted by atomic mass is 35.5. The Morgan fingerprint density at radius 1 is 1.25 bits per heavy atom. The number of benzene rings is 1. The van der Waals surface area contributed by atoms with Crippen LogP contribution in [0.25, 0.3) is 0 Å². The number of rotatable bonds is 6. The Kier molecular flexibility index (Phi) is 6.10. The highest BCUT2D eigenvalue weighted by Gasteiger charge is 2.20. The fourth-order valence-corrected chi connectivity index (χ4v) is 2.74. The van der Waals surface area contributed by atoms with Crippen LogP contribution in [0.4, 0.5) is 5.69 Å². The van der Waals surface area contributed by atoms with Gasteiger partial charge in [0.2, 0.25) is 0 Å². The maximum absolute atomic E-state index is 9.86. The molecule has 0 bridgehead atoms. The van der Waals surface area contributed by atoms with Crippen LogP contribution in [0.3, 0.4) is 0 Å². The second kappa shape index (κ2) is 7.84. The number of anilines is 1. The number of ether oxygens (including phenoxy) is 1. The predicted octanol–water partition coefficient (Wildman–Crippen LogP) is 1.86. The molecule has 4 nitrogen and oxygen atoms in total. The van der Waals surface area contributed by atoms with E-state index in [4.69, 9.17) is 16.3 Å². The molecule has 1 aliphatic rings. The van der Waals surface area contributed by atoms with Crippen LogP contribution in [-0.4, -0.2) is 62.0 Å². The lowest BCUT2D eigenvalue weighted by atomic mass is 10.2. The van der Waals surface area contributed by atoms with Gasteiger partial charge in [0.1, 0.15) is 0 Å². The fourth-order valence-electron chi connectivity index (χ4n) is 2.48. The lowest BCUT2D eigenvalue weighted by Gasteiger charge is -2.37. The Labute approximate surface area is 125 Å². The number of halogens is 1. The monoisotopic (exact) mass is 298 g/mol. The summed E-state index contributed by atoms with van der Waals surface area (Å²) in [5.74, 6) is 0. The van der Waals surface area contributed by atoms with Crippen molar-refractivity contribution in [3.63, 3.8) is 0 Å². The zero-order valence-electron chi connectivity index (χ0n) is 12.0. The number of aliphatic hydroxyl groups excluding tert-OH is 1. The molecule has 5 heteroatoms. The van der Waals surface area contributed by atoms with Gasteiger partial charge in [-0.05, 0) is 19.1 Å². The minimum Gasteiger partial charge on any atom is -0.389 e. The lowest BCUT2D eigenvalue weighted by Crippen LogP contribution is -2.49. The molecule has 0 aliphatic carbocycles. The van der Waals surface area contributed by atoms with Crippen molar-refractivity contribution >= 4 is 17.3 Å². The van der Waals surface area contributed by atoms with Gasteiger partial charge in [0.25, 0.3) is 0 Å². The Hall–Kier alpha value is -0.810. The summed E-state index contributed by atoms with van der Waals surface area (Å²) in [6, 6.07) is 7.95. The van der Waals surface area contributed by atoms with E-state index in [0.717, 1.165) is 36.9 Å². The standard InChI is InChI=1S/C15H23ClN2O2/c1-2-20-12-13(19)11-17-7-9-18(10-8-17)15-6-4-3-5-14(15)16/h3-6,13,19H,2,7-12H2,1H3. The third kappa shape index (κ3) is 4.35. The van der Waals surface area contributed by atoms with Crippen molar-refractivity contribution in [1.29, 1.82) is 0 Å². The van der Waals surface area contributed by atoms with Gasteiger partial charge in [0.15, 0.2) is 0 Å². The number of piperazine rings is 1. The van der Waals surface area contributed by atoms with Gasteiger partial charge in [0.05, 0.1) is 23.4 Å². The first-order chi connectivity index (χ1) is 9.70. The van der Waals surface area contributed by atoms with Crippen LogP contribution in [-0.2, 0) is 4.74 Å². The molecule has 112 valence electrons. The second-order valence-corrected chi connectivity index (χ2v) is 5.46. The topological polar surface area (TPSA) is 35.9 Å². The first-order valence-electron chi connectivity index (χ1n) is 7.18. The molecule has 1 aromatic rings. The lowest BCUT2D eigenvalue weighted by molar-refractivity contribution is 0.0202. The Bertz CT molecular complexity index is 409. The number of para-hydroxylation sites is 1. The summed E-state index contributed by atoms with van der Waals surface area (Å²) in [7, 11) is 0. The van der Waals surface area contributed by atoms with E-state index in [-0.39, 0.29) is 0 Å². The molecule has 0 amide bonds. The van der Waals surface area contributed by atoms with E-state index in [0.29, 0.717) is 19.8 Å². The van der Waals surface area contributed by atoms with Crippen LogP contribution in [0.15, 0.2) is 24.3 Å². The molecule has 0 spiro atoms. The number of hydrogen-bond donors (Lipinski definition) is 1.